The van der Waals surface area contributed by atoms with Gasteiger partial charge in [0, 0.05) is 6.42 Å². The van der Waals surface area contributed by atoms with Crippen LogP contribution >= 0.6 is 0 Å². The summed E-state index contributed by atoms with van der Waals surface area (Å²) in [6.45, 7) is 3.59. The minimum absolute atomic E-state index is 0.194. The number of rotatable bonds is 7. The number of likely N-dealkylation sites (N-methyl/N-ethyl adjacent to an activating group) is 1. The molecule has 0 radical (unpaired) electrons. The van der Waals surface area contributed by atoms with E-state index in [0.29, 0.717) is 19.4 Å². The molecule has 0 atom stereocenters. The van der Waals surface area contributed by atoms with Gasteiger partial charge in [-0.25, -0.2) is 5.84 Å². The van der Waals surface area contributed by atoms with Gasteiger partial charge in [-0.15, -0.1) is 0 Å². The van der Waals surface area contributed by atoms with Gasteiger partial charge in [-0.2, -0.15) is 0 Å². The van der Waals surface area contributed by atoms with E-state index in [1.54, 1.807) is 0 Å². The summed E-state index contributed by atoms with van der Waals surface area (Å²) >= 11 is 0. The molecule has 82 valence electrons. The van der Waals surface area contributed by atoms with E-state index >= 15 is 0 Å². The van der Waals surface area contributed by atoms with Crippen molar-refractivity contribution in [2.75, 3.05) is 19.6 Å². The monoisotopic (exact) mass is 202 g/mol. The molecule has 5 N–H and O–H groups in total. The van der Waals surface area contributed by atoms with Crippen molar-refractivity contribution in [1.82, 2.24) is 10.3 Å². The van der Waals surface area contributed by atoms with Crippen LogP contribution in [0.2, 0.25) is 0 Å². The van der Waals surface area contributed by atoms with E-state index in [2.05, 4.69) is 0 Å². The van der Waals surface area contributed by atoms with E-state index in [-0.39, 0.29) is 18.4 Å². The van der Waals surface area contributed by atoms with Crippen LogP contribution in [0.3, 0.4) is 0 Å². The molecule has 0 saturated heterocycles. The third-order valence-corrected chi connectivity index (χ3v) is 1.87. The first kappa shape index (κ1) is 12.9. The minimum Gasteiger partial charge on any atom is -0.369 e. The SMILES string of the molecule is CCN(CCCC(=O)NN)CC(N)=O. The highest BCUT2D eigenvalue weighted by Gasteiger charge is 2.06. The van der Waals surface area contributed by atoms with Gasteiger partial charge in [-0.05, 0) is 19.5 Å². The lowest BCUT2D eigenvalue weighted by Gasteiger charge is -2.17. The summed E-state index contributed by atoms with van der Waals surface area (Å²) in [6.07, 6.45) is 1.04. The number of hydrogen-bond acceptors (Lipinski definition) is 4. The Bertz CT molecular complexity index is 196. The van der Waals surface area contributed by atoms with Crippen LogP contribution in [0.5, 0.6) is 0 Å². The average molecular weight is 202 g/mol. The molecule has 0 aromatic carbocycles. The lowest BCUT2D eigenvalue weighted by atomic mass is 10.3. The lowest BCUT2D eigenvalue weighted by molar-refractivity contribution is -0.121. The van der Waals surface area contributed by atoms with Crippen molar-refractivity contribution in [3.63, 3.8) is 0 Å². The molecule has 0 spiro atoms. The summed E-state index contributed by atoms with van der Waals surface area (Å²) in [7, 11) is 0. The highest BCUT2D eigenvalue weighted by atomic mass is 16.2. The van der Waals surface area contributed by atoms with Gasteiger partial charge in [-0.3, -0.25) is 19.9 Å². The first-order chi connectivity index (χ1) is 6.60. The topological polar surface area (TPSA) is 101 Å². The number of hydrogen-bond donors (Lipinski definition) is 3. The molecule has 0 bridgehead atoms. The molecule has 0 heterocycles. The van der Waals surface area contributed by atoms with E-state index in [9.17, 15) is 9.59 Å². The third kappa shape index (κ3) is 6.38. The maximum Gasteiger partial charge on any atom is 0.233 e. The van der Waals surface area contributed by atoms with Crippen molar-refractivity contribution in [1.29, 1.82) is 0 Å². The Hall–Kier alpha value is -1.14. The predicted octanol–water partition coefficient (Wildman–Crippen LogP) is -1.44. The number of nitrogens with one attached hydrogen (secondary N) is 1. The third-order valence-electron chi connectivity index (χ3n) is 1.87. The zero-order valence-electron chi connectivity index (χ0n) is 8.45. The molecule has 0 fully saturated rings. The largest absolute Gasteiger partial charge is 0.369 e. The van der Waals surface area contributed by atoms with E-state index in [1.807, 2.05) is 17.2 Å². The van der Waals surface area contributed by atoms with Gasteiger partial charge in [0.1, 0.15) is 0 Å². The zero-order chi connectivity index (χ0) is 11.0. The second-order valence-corrected chi connectivity index (χ2v) is 3.01. The van der Waals surface area contributed by atoms with Crippen molar-refractivity contribution in [3.8, 4) is 0 Å². The second-order valence-electron chi connectivity index (χ2n) is 3.01. The number of nitrogens with zero attached hydrogens (tertiary/aromatic N) is 1. The molecule has 0 unspecified atom stereocenters. The van der Waals surface area contributed by atoms with Crippen molar-refractivity contribution < 1.29 is 9.59 Å². The Morgan fingerprint density at radius 1 is 1.43 bits per heavy atom. The van der Waals surface area contributed by atoms with E-state index in [0.717, 1.165) is 6.54 Å². The van der Waals surface area contributed by atoms with Crippen LogP contribution in [-0.2, 0) is 9.59 Å². The van der Waals surface area contributed by atoms with Gasteiger partial charge in [0.25, 0.3) is 0 Å². The van der Waals surface area contributed by atoms with Gasteiger partial charge in [0.05, 0.1) is 6.54 Å². The van der Waals surface area contributed by atoms with Crippen molar-refractivity contribution in [3.05, 3.63) is 0 Å². The molecule has 0 saturated carbocycles. The fraction of sp³-hybridized carbons (Fsp3) is 0.750. The van der Waals surface area contributed by atoms with Crippen molar-refractivity contribution >= 4 is 11.8 Å². The summed E-state index contributed by atoms with van der Waals surface area (Å²) in [5, 5.41) is 0. The van der Waals surface area contributed by atoms with Crippen LogP contribution < -0.4 is 17.0 Å². The van der Waals surface area contributed by atoms with Crippen LogP contribution in [-0.4, -0.2) is 36.3 Å². The molecule has 6 nitrogen and oxygen atoms in total. The normalized spacial score (nSPS) is 10.2. The first-order valence-electron chi connectivity index (χ1n) is 4.60. The second kappa shape index (κ2) is 7.28. The van der Waals surface area contributed by atoms with Gasteiger partial charge in [0.15, 0.2) is 0 Å². The number of amides is 2. The van der Waals surface area contributed by atoms with Crippen molar-refractivity contribution in [2.24, 2.45) is 11.6 Å². The summed E-state index contributed by atoms with van der Waals surface area (Å²) in [5.74, 6) is 4.37. The molecule has 0 aliphatic rings. The summed E-state index contributed by atoms with van der Waals surface area (Å²) in [4.78, 5) is 23.2. The summed E-state index contributed by atoms with van der Waals surface area (Å²) in [6, 6.07) is 0. The van der Waals surface area contributed by atoms with Crippen molar-refractivity contribution in [2.45, 2.75) is 19.8 Å². The fourth-order valence-electron chi connectivity index (χ4n) is 1.10. The zero-order valence-corrected chi connectivity index (χ0v) is 8.45. The maximum atomic E-state index is 10.8. The Kier molecular flexibility index (Phi) is 6.69. The first-order valence-corrected chi connectivity index (χ1v) is 4.60. The lowest BCUT2D eigenvalue weighted by Crippen LogP contribution is -2.35. The molecule has 0 rings (SSSR count). The fourth-order valence-corrected chi connectivity index (χ4v) is 1.10. The standard InChI is InChI=1S/C8H18N4O2/c1-2-12(6-7(9)13)5-3-4-8(14)11-10/h2-6,10H2,1H3,(H2,9,13)(H,11,14). The van der Waals surface area contributed by atoms with Crippen LogP contribution in [0, 0.1) is 0 Å². The molecule has 0 aromatic heterocycles. The minimum atomic E-state index is -0.352. The highest BCUT2D eigenvalue weighted by Crippen LogP contribution is 1.94. The Balaban J connectivity index is 3.62. The van der Waals surface area contributed by atoms with Crippen LogP contribution in [0.25, 0.3) is 0 Å². The van der Waals surface area contributed by atoms with Crippen LogP contribution in [0.1, 0.15) is 19.8 Å². The Morgan fingerprint density at radius 3 is 2.50 bits per heavy atom. The average Bonchev–Trinajstić information content (AvgIpc) is 2.15. The summed E-state index contributed by atoms with van der Waals surface area (Å²) < 4.78 is 0. The molecule has 2 amide bonds. The van der Waals surface area contributed by atoms with Crippen LogP contribution in [0.15, 0.2) is 0 Å². The van der Waals surface area contributed by atoms with E-state index in [1.165, 1.54) is 0 Å². The predicted molar refractivity (Wildman–Crippen MR) is 52.9 cm³/mol. The van der Waals surface area contributed by atoms with Gasteiger partial charge in [0.2, 0.25) is 11.8 Å². The number of primary amides is 1. The molecular weight excluding hydrogens is 184 g/mol. The van der Waals surface area contributed by atoms with E-state index < -0.39 is 0 Å². The molecule has 0 aromatic rings. The quantitative estimate of drug-likeness (QED) is 0.267. The molecular formula is C8H18N4O2. The Morgan fingerprint density at radius 2 is 2.07 bits per heavy atom. The summed E-state index contributed by atoms with van der Waals surface area (Å²) in [5.41, 5.74) is 7.10. The smallest absolute Gasteiger partial charge is 0.233 e. The number of carbonyl (C=O) groups is 2. The van der Waals surface area contributed by atoms with Gasteiger partial charge < -0.3 is 5.73 Å². The van der Waals surface area contributed by atoms with Gasteiger partial charge in [-0.1, -0.05) is 6.92 Å². The molecule has 6 heteroatoms. The Labute approximate surface area is 83.6 Å². The van der Waals surface area contributed by atoms with Crippen LogP contribution in [0.4, 0.5) is 0 Å². The van der Waals surface area contributed by atoms with E-state index in [4.69, 9.17) is 11.6 Å². The highest BCUT2D eigenvalue weighted by molar-refractivity contribution is 5.76. The number of carbonyl (C=O) groups excluding carboxylic acids is 2. The molecule has 0 aliphatic heterocycles. The number of nitrogens with two attached hydrogens (primary N) is 2. The van der Waals surface area contributed by atoms with Gasteiger partial charge >= 0.3 is 0 Å². The maximum absolute atomic E-state index is 10.8. The molecule has 0 aliphatic carbocycles. The number of hydrazine groups is 1. The molecule has 14 heavy (non-hydrogen) atoms.